The number of rotatable bonds is 8. The van der Waals surface area contributed by atoms with E-state index in [1.165, 1.54) is 11.7 Å². The number of methoxy groups -OCH3 is 1. The molecular weight excluding hydrogens is 418 g/mol. The van der Waals surface area contributed by atoms with Gasteiger partial charge in [-0.25, -0.2) is 18.2 Å². The predicted molar refractivity (Wildman–Crippen MR) is 122 cm³/mol. The van der Waals surface area contributed by atoms with Crippen molar-refractivity contribution in [3.8, 4) is 11.5 Å². The summed E-state index contributed by atoms with van der Waals surface area (Å²) in [5.74, 6) is 0.738. The number of fused-ring (bicyclic) bond motifs is 1. The predicted octanol–water partition coefficient (Wildman–Crippen LogP) is 3.19. The fourth-order valence-electron chi connectivity index (χ4n) is 3.51. The van der Waals surface area contributed by atoms with E-state index in [-0.39, 0.29) is 5.75 Å². The van der Waals surface area contributed by atoms with Crippen LogP contribution in [0.2, 0.25) is 0 Å². The van der Waals surface area contributed by atoms with Crippen LogP contribution in [0.5, 0.6) is 11.5 Å². The van der Waals surface area contributed by atoms with Gasteiger partial charge in [0.1, 0.15) is 9.84 Å². The topological polar surface area (TPSA) is 103 Å². The lowest BCUT2D eigenvalue weighted by Crippen LogP contribution is -2.28. The molecule has 0 aliphatic heterocycles. The Kier molecular flexibility index (Phi) is 6.54. The SMILES string of the molecule is CCOc1cc(C(CS(C)(=O)=O)n2c(=O)[nH]c3cc(C=C(C)C)cnc32)ccc1OC. The highest BCUT2D eigenvalue weighted by molar-refractivity contribution is 7.90. The van der Waals surface area contributed by atoms with Gasteiger partial charge >= 0.3 is 5.69 Å². The van der Waals surface area contributed by atoms with Crippen LogP contribution < -0.4 is 15.2 Å². The first-order valence-corrected chi connectivity index (χ1v) is 11.9. The lowest BCUT2D eigenvalue weighted by Gasteiger charge is -2.20. The van der Waals surface area contributed by atoms with Crippen LogP contribution in [0.3, 0.4) is 0 Å². The largest absolute Gasteiger partial charge is 0.493 e. The summed E-state index contributed by atoms with van der Waals surface area (Å²) in [6.07, 6.45) is 4.76. The van der Waals surface area contributed by atoms with Crippen molar-refractivity contribution in [2.45, 2.75) is 26.8 Å². The minimum atomic E-state index is -3.43. The zero-order chi connectivity index (χ0) is 22.8. The zero-order valence-electron chi connectivity index (χ0n) is 18.3. The Morgan fingerprint density at radius 1 is 1.26 bits per heavy atom. The average molecular weight is 446 g/mol. The average Bonchev–Trinajstić information content (AvgIpc) is 3.00. The van der Waals surface area contributed by atoms with Gasteiger partial charge in [-0.15, -0.1) is 0 Å². The van der Waals surface area contributed by atoms with Crippen molar-refractivity contribution in [2.24, 2.45) is 0 Å². The lowest BCUT2D eigenvalue weighted by atomic mass is 10.1. The Morgan fingerprint density at radius 3 is 2.61 bits per heavy atom. The molecule has 0 saturated heterocycles. The fraction of sp³-hybridized carbons (Fsp3) is 0.364. The molecule has 1 aromatic carbocycles. The molecule has 0 radical (unpaired) electrons. The first kappa shape index (κ1) is 22.6. The summed E-state index contributed by atoms with van der Waals surface area (Å²) < 4.78 is 36.9. The third kappa shape index (κ3) is 5.16. The molecule has 1 unspecified atom stereocenters. The summed E-state index contributed by atoms with van der Waals surface area (Å²) in [5.41, 5.74) is 3.05. The van der Waals surface area contributed by atoms with Gasteiger partial charge in [0.2, 0.25) is 0 Å². The molecule has 8 nitrogen and oxygen atoms in total. The Morgan fingerprint density at radius 2 is 2.00 bits per heavy atom. The van der Waals surface area contributed by atoms with E-state index in [9.17, 15) is 13.2 Å². The molecule has 1 atom stereocenters. The Bertz CT molecular complexity index is 1280. The summed E-state index contributed by atoms with van der Waals surface area (Å²) in [6, 6.07) is 6.18. The van der Waals surface area contributed by atoms with Crippen LogP contribution in [0, 0.1) is 0 Å². The van der Waals surface area contributed by atoms with Crippen molar-refractivity contribution in [3.63, 3.8) is 0 Å². The van der Waals surface area contributed by atoms with Gasteiger partial charge in [-0.2, -0.15) is 0 Å². The van der Waals surface area contributed by atoms with Crippen molar-refractivity contribution in [3.05, 3.63) is 57.6 Å². The van der Waals surface area contributed by atoms with Gasteiger partial charge < -0.3 is 14.5 Å². The number of allylic oxidation sites excluding steroid dienone is 1. The van der Waals surface area contributed by atoms with Crippen LogP contribution >= 0.6 is 0 Å². The molecule has 0 amide bonds. The highest BCUT2D eigenvalue weighted by Gasteiger charge is 2.25. The van der Waals surface area contributed by atoms with Gasteiger partial charge in [-0.05, 0) is 50.1 Å². The quantitative estimate of drug-likeness (QED) is 0.571. The Hall–Kier alpha value is -3.07. The number of imidazole rings is 1. The van der Waals surface area contributed by atoms with E-state index in [2.05, 4.69) is 9.97 Å². The van der Waals surface area contributed by atoms with Crippen LogP contribution in [0.15, 0.2) is 40.8 Å². The molecule has 2 aromatic heterocycles. The number of pyridine rings is 1. The normalized spacial score (nSPS) is 12.5. The minimum absolute atomic E-state index is 0.269. The molecule has 2 heterocycles. The highest BCUT2D eigenvalue weighted by atomic mass is 32.2. The number of hydrogen-bond donors (Lipinski definition) is 1. The molecule has 31 heavy (non-hydrogen) atoms. The molecule has 0 fully saturated rings. The van der Waals surface area contributed by atoms with Crippen LogP contribution in [-0.2, 0) is 9.84 Å². The maximum Gasteiger partial charge on any atom is 0.328 e. The first-order chi connectivity index (χ1) is 14.6. The third-order valence-electron chi connectivity index (χ3n) is 4.68. The van der Waals surface area contributed by atoms with Crippen LogP contribution in [0.4, 0.5) is 0 Å². The van der Waals surface area contributed by atoms with Gasteiger partial charge in [0.25, 0.3) is 0 Å². The number of aromatic amines is 1. The van der Waals surface area contributed by atoms with E-state index < -0.39 is 21.6 Å². The van der Waals surface area contributed by atoms with E-state index in [1.807, 2.05) is 32.9 Å². The van der Waals surface area contributed by atoms with E-state index in [4.69, 9.17) is 9.47 Å². The molecular formula is C22H27N3O5S. The number of benzene rings is 1. The second-order valence-corrected chi connectivity index (χ2v) is 9.80. The van der Waals surface area contributed by atoms with Gasteiger partial charge in [0.05, 0.1) is 31.0 Å². The minimum Gasteiger partial charge on any atom is -0.493 e. The summed E-state index contributed by atoms with van der Waals surface area (Å²) in [7, 11) is -1.90. The van der Waals surface area contributed by atoms with E-state index in [0.717, 1.165) is 17.4 Å². The zero-order valence-corrected chi connectivity index (χ0v) is 19.1. The van der Waals surface area contributed by atoms with Crippen LogP contribution in [-0.4, -0.2) is 48.7 Å². The third-order valence-corrected chi connectivity index (χ3v) is 5.60. The molecule has 166 valence electrons. The standard InChI is InChI=1S/C22H27N3O5S/c1-6-30-20-11-16(7-8-19(20)29-4)18(13-31(5,27)28)25-21-17(24-22(25)26)10-15(12-23-21)9-14(2)3/h7-12,18H,6,13H2,1-5H3,(H,24,26). The van der Waals surface area contributed by atoms with Crippen molar-refractivity contribution in [1.82, 2.24) is 14.5 Å². The van der Waals surface area contributed by atoms with Crippen molar-refractivity contribution in [1.29, 1.82) is 0 Å². The lowest BCUT2D eigenvalue weighted by molar-refractivity contribution is 0.310. The van der Waals surface area contributed by atoms with Gasteiger partial charge in [0.15, 0.2) is 17.1 Å². The molecule has 0 bridgehead atoms. The summed E-state index contributed by atoms with van der Waals surface area (Å²) in [4.78, 5) is 20.2. The van der Waals surface area contributed by atoms with Crippen LogP contribution in [0.1, 0.15) is 37.9 Å². The smallest absolute Gasteiger partial charge is 0.328 e. The fourth-order valence-corrected chi connectivity index (χ4v) is 4.42. The van der Waals surface area contributed by atoms with Gasteiger partial charge in [-0.1, -0.05) is 17.7 Å². The van der Waals surface area contributed by atoms with E-state index >= 15 is 0 Å². The monoisotopic (exact) mass is 445 g/mol. The molecule has 0 saturated carbocycles. The molecule has 9 heteroatoms. The number of hydrogen-bond acceptors (Lipinski definition) is 6. The highest BCUT2D eigenvalue weighted by Crippen LogP contribution is 2.32. The second-order valence-electron chi connectivity index (χ2n) is 7.61. The van der Waals surface area contributed by atoms with Gasteiger partial charge in [-0.3, -0.25) is 4.57 Å². The summed E-state index contributed by atoms with van der Waals surface area (Å²) in [6.45, 7) is 6.20. The number of ether oxygens (including phenoxy) is 2. The Balaban J connectivity index is 2.21. The van der Waals surface area contributed by atoms with Crippen molar-refractivity contribution >= 4 is 27.1 Å². The molecule has 3 rings (SSSR count). The Labute approximate surface area is 181 Å². The number of sulfone groups is 1. The molecule has 1 N–H and O–H groups in total. The second kappa shape index (κ2) is 8.97. The molecule has 0 aliphatic rings. The van der Waals surface area contributed by atoms with Crippen LogP contribution in [0.25, 0.3) is 17.2 Å². The molecule has 0 spiro atoms. The number of aromatic nitrogens is 3. The first-order valence-electron chi connectivity index (χ1n) is 9.86. The molecule has 3 aromatic rings. The van der Waals surface area contributed by atoms with E-state index in [0.29, 0.717) is 34.8 Å². The van der Waals surface area contributed by atoms with Crippen molar-refractivity contribution in [2.75, 3.05) is 25.7 Å². The van der Waals surface area contributed by atoms with Crippen molar-refractivity contribution < 1.29 is 17.9 Å². The summed E-state index contributed by atoms with van der Waals surface area (Å²) >= 11 is 0. The molecule has 0 aliphatic carbocycles. The number of nitrogens with zero attached hydrogens (tertiary/aromatic N) is 2. The van der Waals surface area contributed by atoms with E-state index in [1.54, 1.807) is 24.4 Å². The maximum absolute atomic E-state index is 12.9. The van der Waals surface area contributed by atoms with Gasteiger partial charge in [0, 0.05) is 12.5 Å². The number of nitrogens with one attached hydrogen (secondary N) is 1. The summed E-state index contributed by atoms with van der Waals surface area (Å²) in [5, 5.41) is 0. The maximum atomic E-state index is 12.9. The number of H-pyrrole nitrogens is 1.